The molecule has 5 nitrogen and oxygen atoms in total. The number of hydrogen-bond donors (Lipinski definition) is 1. The number of hydrogen-bond acceptors (Lipinski definition) is 4. The number of nitrogen functional groups attached to an aromatic ring is 1. The van der Waals surface area contributed by atoms with Crippen molar-refractivity contribution in [3.8, 4) is 0 Å². The van der Waals surface area contributed by atoms with E-state index in [4.69, 9.17) is 10.5 Å². The maximum atomic E-state index is 12.9. The highest BCUT2D eigenvalue weighted by Gasteiger charge is 2.31. The topological polar surface area (TPSA) is 72.6 Å². The smallest absolute Gasteiger partial charge is 0.245 e. The summed E-state index contributed by atoms with van der Waals surface area (Å²) in [6, 6.07) is 3.08. The van der Waals surface area contributed by atoms with E-state index < -0.39 is 15.8 Å². The maximum Gasteiger partial charge on any atom is 0.245 e. The van der Waals surface area contributed by atoms with Gasteiger partial charge < -0.3 is 10.5 Å². The van der Waals surface area contributed by atoms with Crippen molar-refractivity contribution in [3.05, 3.63) is 24.0 Å². The molecule has 0 saturated carbocycles. The number of nitrogens with two attached hydrogens (primary N) is 1. The van der Waals surface area contributed by atoms with Gasteiger partial charge in [0, 0.05) is 13.7 Å². The lowest BCUT2D eigenvalue weighted by atomic mass is 10.3. The van der Waals surface area contributed by atoms with Crippen LogP contribution in [0, 0.1) is 5.82 Å². The van der Waals surface area contributed by atoms with E-state index >= 15 is 0 Å². The molecule has 0 radical (unpaired) electrons. The Labute approximate surface area is 105 Å². The van der Waals surface area contributed by atoms with Crippen LogP contribution in [0.2, 0.25) is 0 Å². The summed E-state index contributed by atoms with van der Waals surface area (Å²) in [5.41, 5.74) is 5.48. The molecule has 0 aromatic heterocycles. The van der Waals surface area contributed by atoms with Crippen LogP contribution in [0.15, 0.2) is 23.1 Å². The number of sulfonamides is 1. The van der Waals surface area contributed by atoms with Gasteiger partial charge in [-0.05, 0) is 24.6 Å². The summed E-state index contributed by atoms with van der Waals surface area (Å²) < 4.78 is 44.0. The second kappa shape index (κ2) is 4.83. The SMILES string of the molecule is CN(C1CCOC1)S(=O)(=O)c1ccc(F)cc1N. The molecule has 1 saturated heterocycles. The van der Waals surface area contributed by atoms with Crippen molar-refractivity contribution >= 4 is 15.7 Å². The van der Waals surface area contributed by atoms with Crippen LogP contribution in [0.25, 0.3) is 0 Å². The fraction of sp³-hybridized carbons (Fsp3) is 0.455. The molecule has 18 heavy (non-hydrogen) atoms. The first kappa shape index (κ1) is 13.3. The first-order chi connectivity index (χ1) is 8.43. The molecule has 1 aliphatic rings. The van der Waals surface area contributed by atoms with Gasteiger partial charge >= 0.3 is 0 Å². The fourth-order valence-electron chi connectivity index (χ4n) is 1.91. The highest BCUT2D eigenvalue weighted by atomic mass is 32.2. The Kier molecular flexibility index (Phi) is 3.56. The normalized spacial score (nSPS) is 20.5. The van der Waals surface area contributed by atoms with Gasteiger partial charge in [-0.25, -0.2) is 12.8 Å². The Morgan fingerprint density at radius 3 is 2.78 bits per heavy atom. The Morgan fingerprint density at radius 2 is 2.22 bits per heavy atom. The van der Waals surface area contributed by atoms with Crippen molar-refractivity contribution in [1.82, 2.24) is 4.31 Å². The summed E-state index contributed by atoms with van der Waals surface area (Å²) in [6.07, 6.45) is 0.650. The second-order valence-electron chi connectivity index (χ2n) is 4.22. The fourth-order valence-corrected chi connectivity index (χ4v) is 3.38. The number of nitrogens with zero attached hydrogens (tertiary/aromatic N) is 1. The van der Waals surface area contributed by atoms with Crippen LogP contribution in [0.5, 0.6) is 0 Å². The molecule has 0 spiro atoms. The molecule has 7 heteroatoms. The third-order valence-corrected chi connectivity index (χ3v) is 5.03. The molecule has 1 unspecified atom stereocenters. The monoisotopic (exact) mass is 274 g/mol. The van der Waals surface area contributed by atoms with Gasteiger partial charge in [0.1, 0.15) is 10.7 Å². The summed E-state index contributed by atoms with van der Waals surface area (Å²) in [4.78, 5) is -0.0710. The molecule has 0 aliphatic carbocycles. The van der Waals surface area contributed by atoms with Crippen LogP contribution < -0.4 is 5.73 Å². The largest absolute Gasteiger partial charge is 0.398 e. The Bertz CT molecular complexity index is 541. The van der Waals surface area contributed by atoms with Gasteiger partial charge in [0.2, 0.25) is 10.0 Å². The molecular formula is C11H15FN2O3S. The minimum atomic E-state index is -3.71. The number of ether oxygens (including phenoxy) is 1. The van der Waals surface area contributed by atoms with E-state index in [0.717, 1.165) is 12.1 Å². The zero-order valence-corrected chi connectivity index (χ0v) is 10.8. The zero-order chi connectivity index (χ0) is 13.3. The van der Waals surface area contributed by atoms with E-state index in [1.54, 1.807) is 0 Å². The average Bonchev–Trinajstić information content (AvgIpc) is 2.80. The van der Waals surface area contributed by atoms with Crippen molar-refractivity contribution in [2.75, 3.05) is 26.0 Å². The molecule has 1 aromatic carbocycles. The van der Waals surface area contributed by atoms with E-state index in [2.05, 4.69) is 0 Å². The first-order valence-electron chi connectivity index (χ1n) is 5.53. The average molecular weight is 274 g/mol. The van der Waals surface area contributed by atoms with E-state index in [9.17, 15) is 12.8 Å². The van der Waals surface area contributed by atoms with Crippen LogP contribution in [0.3, 0.4) is 0 Å². The van der Waals surface area contributed by atoms with Crippen LogP contribution in [-0.2, 0) is 14.8 Å². The minimum Gasteiger partial charge on any atom is -0.398 e. The third-order valence-electron chi connectivity index (χ3n) is 3.05. The molecule has 1 heterocycles. The quantitative estimate of drug-likeness (QED) is 0.828. The van der Waals surface area contributed by atoms with Gasteiger partial charge in [-0.2, -0.15) is 4.31 Å². The van der Waals surface area contributed by atoms with Crippen LogP contribution in [0.4, 0.5) is 10.1 Å². The molecule has 0 bridgehead atoms. The van der Waals surface area contributed by atoms with Crippen LogP contribution in [-0.4, -0.2) is 39.0 Å². The van der Waals surface area contributed by atoms with E-state index in [1.807, 2.05) is 0 Å². The first-order valence-corrected chi connectivity index (χ1v) is 6.98. The van der Waals surface area contributed by atoms with Gasteiger partial charge in [0.05, 0.1) is 18.3 Å². The summed E-state index contributed by atoms with van der Waals surface area (Å²) in [7, 11) is -2.22. The number of halogens is 1. The van der Waals surface area contributed by atoms with Gasteiger partial charge in [0.25, 0.3) is 0 Å². The van der Waals surface area contributed by atoms with Gasteiger partial charge in [-0.3, -0.25) is 0 Å². The predicted octanol–water partition coefficient (Wildman–Crippen LogP) is 0.817. The van der Waals surface area contributed by atoms with Crippen molar-refractivity contribution in [1.29, 1.82) is 0 Å². The van der Waals surface area contributed by atoms with Gasteiger partial charge in [-0.1, -0.05) is 0 Å². The van der Waals surface area contributed by atoms with Gasteiger partial charge in [-0.15, -0.1) is 0 Å². The van der Waals surface area contributed by atoms with E-state index in [1.165, 1.54) is 17.4 Å². The standard InChI is InChI=1S/C11H15FN2O3S/c1-14(9-4-5-17-7-9)18(15,16)11-3-2-8(12)6-10(11)13/h2-3,6,9H,4-5,7,13H2,1H3. The van der Waals surface area contributed by atoms with Crippen molar-refractivity contribution in [3.63, 3.8) is 0 Å². The summed E-state index contributed by atoms with van der Waals surface area (Å²) in [5.74, 6) is -0.557. The van der Waals surface area contributed by atoms with E-state index in [0.29, 0.717) is 19.6 Å². The number of rotatable bonds is 3. The second-order valence-corrected chi connectivity index (χ2v) is 6.19. The molecule has 100 valence electrons. The lowest BCUT2D eigenvalue weighted by Crippen LogP contribution is -2.37. The van der Waals surface area contributed by atoms with Crippen LogP contribution in [0.1, 0.15) is 6.42 Å². The number of anilines is 1. The minimum absolute atomic E-state index is 0.0710. The number of likely N-dealkylation sites (N-methyl/N-ethyl adjacent to an activating group) is 1. The maximum absolute atomic E-state index is 12.9. The molecule has 2 rings (SSSR count). The van der Waals surface area contributed by atoms with Gasteiger partial charge in [0.15, 0.2) is 0 Å². The molecule has 2 N–H and O–H groups in total. The Hall–Kier alpha value is -1.18. The Balaban J connectivity index is 2.35. The lowest BCUT2D eigenvalue weighted by molar-refractivity contribution is 0.181. The molecule has 1 aliphatic heterocycles. The number of benzene rings is 1. The third kappa shape index (κ3) is 2.33. The molecule has 1 atom stereocenters. The highest BCUT2D eigenvalue weighted by Crippen LogP contribution is 2.25. The molecular weight excluding hydrogens is 259 g/mol. The highest BCUT2D eigenvalue weighted by molar-refractivity contribution is 7.89. The predicted molar refractivity (Wildman–Crippen MR) is 65.0 cm³/mol. The Morgan fingerprint density at radius 1 is 1.50 bits per heavy atom. The lowest BCUT2D eigenvalue weighted by Gasteiger charge is -2.23. The molecule has 1 fully saturated rings. The summed E-state index contributed by atoms with van der Waals surface area (Å²) in [6.45, 7) is 0.917. The van der Waals surface area contributed by atoms with Crippen molar-refractivity contribution in [2.45, 2.75) is 17.4 Å². The van der Waals surface area contributed by atoms with Crippen LogP contribution >= 0.6 is 0 Å². The van der Waals surface area contributed by atoms with Crippen molar-refractivity contribution in [2.24, 2.45) is 0 Å². The van der Waals surface area contributed by atoms with E-state index in [-0.39, 0.29) is 16.6 Å². The molecule has 0 amide bonds. The summed E-state index contributed by atoms with van der Waals surface area (Å²) in [5, 5.41) is 0. The molecule has 1 aromatic rings. The zero-order valence-electron chi connectivity index (χ0n) is 9.97. The summed E-state index contributed by atoms with van der Waals surface area (Å²) >= 11 is 0. The van der Waals surface area contributed by atoms with Crippen molar-refractivity contribution < 1.29 is 17.5 Å².